The molecule has 2 aromatic rings. The Hall–Kier alpha value is -0.900. The van der Waals surface area contributed by atoms with Crippen LogP contribution in [0.4, 0.5) is 0 Å². The molecule has 1 aromatic heterocycles. The molecule has 106 valence electrons. The van der Waals surface area contributed by atoms with Gasteiger partial charge in [-0.1, -0.05) is 31.5 Å². The van der Waals surface area contributed by atoms with Crippen LogP contribution in [0.2, 0.25) is 5.02 Å². The third-order valence-corrected chi connectivity index (χ3v) is 3.96. The van der Waals surface area contributed by atoms with Crippen molar-refractivity contribution in [3.8, 4) is 0 Å². The number of aryl methyl sites for hydroxylation is 2. The van der Waals surface area contributed by atoms with Crippen LogP contribution in [-0.2, 0) is 12.8 Å². The molecule has 3 rings (SSSR count). The Morgan fingerprint density at radius 3 is 2.65 bits per heavy atom. The number of rotatable bonds is 0. The van der Waals surface area contributed by atoms with Crippen molar-refractivity contribution in [3.05, 3.63) is 62.3 Å². The number of benzene rings is 1. The van der Waals surface area contributed by atoms with Gasteiger partial charge in [0.2, 0.25) is 0 Å². The van der Waals surface area contributed by atoms with E-state index in [-0.39, 0.29) is 0 Å². The van der Waals surface area contributed by atoms with Gasteiger partial charge in [-0.15, -0.1) is 0 Å². The van der Waals surface area contributed by atoms with E-state index in [0.29, 0.717) is 5.02 Å². The lowest BCUT2D eigenvalue weighted by Crippen LogP contribution is -2.05. The van der Waals surface area contributed by atoms with Gasteiger partial charge in [-0.3, -0.25) is 4.98 Å². The largest absolute Gasteiger partial charge is 0.382 e. The van der Waals surface area contributed by atoms with Crippen molar-refractivity contribution in [2.75, 3.05) is 0 Å². The fourth-order valence-electron chi connectivity index (χ4n) is 2.41. The third-order valence-electron chi connectivity index (χ3n) is 3.29. The number of fused-ring (bicyclic) bond motifs is 2. The highest BCUT2D eigenvalue weighted by molar-refractivity contribution is 9.10. The van der Waals surface area contributed by atoms with E-state index in [9.17, 15) is 5.11 Å². The number of hydrogen-bond donors (Lipinski definition) is 1. The Bertz CT molecular complexity index is 562. The van der Waals surface area contributed by atoms with E-state index >= 15 is 0 Å². The van der Waals surface area contributed by atoms with E-state index in [4.69, 9.17) is 11.6 Å². The maximum absolute atomic E-state index is 10.5. The fraction of sp³-hybridized carbons (Fsp3) is 0.312. The lowest BCUT2D eigenvalue weighted by Gasteiger charge is -2.13. The fourth-order valence-corrected chi connectivity index (χ4v) is 2.99. The van der Waals surface area contributed by atoms with Crippen LogP contribution in [0.3, 0.4) is 0 Å². The summed E-state index contributed by atoms with van der Waals surface area (Å²) in [7, 11) is 0. The molecular formula is C16H17BrClNO. The highest BCUT2D eigenvalue weighted by Gasteiger charge is 2.23. The van der Waals surface area contributed by atoms with Crippen LogP contribution < -0.4 is 0 Å². The minimum atomic E-state index is -0.664. The standard InChI is InChI=1S/C14H11BrClNO.C2H6/c15-10-5-9-2-1-8-6-11(16)3-4-12(8)14(18)13(9)17-7-10;1-2/h3-7,14,18H,1-2H2;1-2H3. The quantitative estimate of drug-likeness (QED) is 0.743. The van der Waals surface area contributed by atoms with Crippen LogP contribution in [0.5, 0.6) is 0 Å². The van der Waals surface area contributed by atoms with E-state index in [2.05, 4.69) is 20.9 Å². The number of aliphatic hydroxyl groups excluding tert-OH is 1. The Labute approximate surface area is 132 Å². The summed E-state index contributed by atoms with van der Waals surface area (Å²) >= 11 is 9.43. The number of hydrogen-bond acceptors (Lipinski definition) is 2. The number of halogens is 2. The zero-order valence-electron chi connectivity index (χ0n) is 11.5. The van der Waals surface area contributed by atoms with Gasteiger partial charge in [-0.2, -0.15) is 0 Å². The highest BCUT2D eigenvalue weighted by Crippen LogP contribution is 2.33. The summed E-state index contributed by atoms with van der Waals surface area (Å²) in [6, 6.07) is 7.66. The molecule has 4 heteroatoms. The highest BCUT2D eigenvalue weighted by atomic mass is 79.9. The second-order valence-corrected chi connectivity index (χ2v) is 5.80. The molecule has 1 heterocycles. The van der Waals surface area contributed by atoms with Crippen LogP contribution in [0, 0.1) is 0 Å². The number of aromatic nitrogens is 1. The van der Waals surface area contributed by atoms with Crippen molar-refractivity contribution >= 4 is 27.5 Å². The van der Waals surface area contributed by atoms with E-state index in [1.807, 2.05) is 38.1 Å². The number of aliphatic hydroxyl groups is 1. The van der Waals surface area contributed by atoms with Gasteiger partial charge in [0.05, 0.1) is 5.69 Å². The molecule has 1 N–H and O–H groups in total. The zero-order valence-corrected chi connectivity index (χ0v) is 13.9. The van der Waals surface area contributed by atoms with Crippen LogP contribution in [0.15, 0.2) is 34.9 Å². The second-order valence-electron chi connectivity index (χ2n) is 4.44. The average molecular weight is 355 g/mol. The van der Waals surface area contributed by atoms with Crippen molar-refractivity contribution in [3.63, 3.8) is 0 Å². The van der Waals surface area contributed by atoms with E-state index in [0.717, 1.165) is 39.7 Å². The van der Waals surface area contributed by atoms with E-state index in [1.54, 1.807) is 6.20 Å². The molecule has 1 atom stereocenters. The van der Waals surface area contributed by atoms with Crippen molar-refractivity contribution in [2.24, 2.45) is 0 Å². The summed E-state index contributed by atoms with van der Waals surface area (Å²) in [4.78, 5) is 4.35. The van der Waals surface area contributed by atoms with E-state index in [1.165, 1.54) is 0 Å². The average Bonchev–Trinajstić information content (AvgIpc) is 2.59. The van der Waals surface area contributed by atoms with Gasteiger partial charge in [-0.05, 0) is 63.7 Å². The predicted molar refractivity (Wildman–Crippen MR) is 86.2 cm³/mol. The summed E-state index contributed by atoms with van der Waals surface area (Å²) in [5, 5.41) is 11.2. The number of pyridine rings is 1. The lowest BCUT2D eigenvalue weighted by molar-refractivity contribution is 0.214. The molecule has 0 bridgehead atoms. The summed E-state index contributed by atoms with van der Waals surface area (Å²) < 4.78 is 0.942. The minimum absolute atomic E-state index is 0.664. The molecule has 20 heavy (non-hydrogen) atoms. The van der Waals surface area contributed by atoms with Crippen molar-refractivity contribution < 1.29 is 5.11 Å². The Balaban J connectivity index is 0.000000704. The molecule has 1 aliphatic carbocycles. The van der Waals surface area contributed by atoms with Gasteiger partial charge >= 0.3 is 0 Å². The topological polar surface area (TPSA) is 33.1 Å². The summed E-state index contributed by atoms with van der Waals surface area (Å²) in [6.07, 6.45) is 2.80. The third kappa shape index (κ3) is 3.05. The van der Waals surface area contributed by atoms with Gasteiger partial charge in [0.15, 0.2) is 0 Å². The Kier molecular flexibility index (Phi) is 5.19. The predicted octanol–water partition coefficient (Wildman–Crippen LogP) is 4.70. The molecular weight excluding hydrogens is 338 g/mol. The minimum Gasteiger partial charge on any atom is -0.382 e. The van der Waals surface area contributed by atoms with Crippen LogP contribution in [-0.4, -0.2) is 10.1 Å². The van der Waals surface area contributed by atoms with Crippen LogP contribution in [0.25, 0.3) is 0 Å². The van der Waals surface area contributed by atoms with E-state index < -0.39 is 6.10 Å². The molecule has 0 spiro atoms. The monoisotopic (exact) mass is 353 g/mol. The van der Waals surface area contributed by atoms with Gasteiger partial charge < -0.3 is 5.11 Å². The first-order valence-electron chi connectivity index (χ1n) is 6.76. The molecule has 0 saturated heterocycles. The zero-order chi connectivity index (χ0) is 14.7. The molecule has 0 radical (unpaired) electrons. The number of nitrogens with zero attached hydrogens (tertiary/aromatic N) is 1. The Morgan fingerprint density at radius 2 is 1.90 bits per heavy atom. The first-order chi connectivity index (χ1) is 9.65. The van der Waals surface area contributed by atoms with Crippen LogP contribution >= 0.6 is 27.5 Å². The summed E-state index contributed by atoms with van der Waals surface area (Å²) in [6.45, 7) is 4.00. The first kappa shape index (κ1) is 15.5. The molecule has 0 aliphatic heterocycles. The van der Waals surface area contributed by atoms with Crippen molar-refractivity contribution in [1.29, 1.82) is 0 Å². The van der Waals surface area contributed by atoms with Gasteiger partial charge in [0.1, 0.15) is 6.10 Å². The van der Waals surface area contributed by atoms with Gasteiger partial charge in [-0.25, -0.2) is 0 Å². The maximum Gasteiger partial charge on any atom is 0.121 e. The molecule has 0 amide bonds. The maximum atomic E-state index is 10.5. The van der Waals surface area contributed by atoms with Gasteiger partial charge in [0, 0.05) is 15.7 Å². The normalized spacial score (nSPS) is 16.4. The smallest absolute Gasteiger partial charge is 0.121 e. The molecule has 0 saturated carbocycles. The molecule has 1 aromatic carbocycles. The van der Waals surface area contributed by atoms with Crippen molar-refractivity contribution in [1.82, 2.24) is 4.98 Å². The SMILES string of the molecule is CC.OC1c2ccc(Cl)cc2CCc2cc(Br)cnc21. The lowest BCUT2D eigenvalue weighted by atomic mass is 10.0. The summed E-state index contributed by atoms with van der Waals surface area (Å²) in [5.74, 6) is 0. The first-order valence-corrected chi connectivity index (χ1v) is 7.93. The molecule has 1 unspecified atom stereocenters. The summed E-state index contributed by atoms with van der Waals surface area (Å²) in [5.41, 5.74) is 3.85. The second kappa shape index (κ2) is 6.70. The van der Waals surface area contributed by atoms with Gasteiger partial charge in [0.25, 0.3) is 0 Å². The molecule has 2 nitrogen and oxygen atoms in total. The Morgan fingerprint density at radius 1 is 1.20 bits per heavy atom. The van der Waals surface area contributed by atoms with Crippen molar-refractivity contribution in [2.45, 2.75) is 32.8 Å². The van der Waals surface area contributed by atoms with Crippen LogP contribution in [0.1, 0.15) is 42.3 Å². The molecule has 0 fully saturated rings. The molecule has 1 aliphatic rings.